The number of anilines is 2. The van der Waals surface area contributed by atoms with E-state index in [9.17, 15) is 0 Å². The summed E-state index contributed by atoms with van der Waals surface area (Å²) in [5.41, 5.74) is 2.03. The summed E-state index contributed by atoms with van der Waals surface area (Å²) in [4.78, 5) is 4.45. The number of hydrogen-bond donors (Lipinski definition) is 1. The molecule has 0 aliphatic heterocycles. The Bertz CT molecular complexity index is 836. The van der Waals surface area contributed by atoms with Crippen molar-refractivity contribution in [2.45, 2.75) is 0 Å². The second-order valence-corrected chi connectivity index (χ2v) is 5.96. The van der Waals surface area contributed by atoms with Crippen molar-refractivity contribution in [3.05, 3.63) is 52.0 Å². The molecule has 0 spiro atoms. The predicted molar refractivity (Wildman–Crippen MR) is 84.1 cm³/mol. The van der Waals surface area contributed by atoms with Gasteiger partial charge in [-0.1, -0.05) is 34.5 Å². The largest absolute Gasteiger partial charge is 0.330 e. The monoisotopic (exact) mass is 319 g/mol. The average molecular weight is 320 g/mol. The molecule has 20 heavy (non-hydrogen) atoms. The molecule has 2 aromatic carbocycles. The summed E-state index contributed by atoms with van der Waals surface area (Å²) in [6.45, 7) is 0. The van der Waals surface area contributed by atoms with Crippen molar-refractivity contribution in [2.75, 3.05) is 5.32 Å². The van der Waals surface area contributed by atoms with Crippen LogP contribution < -0.4 is 5.32 Å². The molecule has 0 aliphatic rings. The van der Waals surface area contributed by atoms with E-state index in [1.54, 1.807) is 24.3 Å². The van der Waals surface area contributed by atoms with Gasteiger partial charge in [0.1, 0.15) is 6.07 Å². The fraction of sp³-hybridized carbons (Fsp3) is 0. The molecule has 1 aromatic heterocycles. The van der Waals surface area contributed by atoms with E-state index in [-0.39, 0.29) is 0 Å². The van der Waals surface area contributed by atoms with Gasteiger partial charge in [0.25, 0.3) is 0 Å². The molecular formula is C14H7Cl2N3S. The first-order chi connectivity index (χ1) is 9.65. The van der Waals surface area contributed by atoms with Gasteiger partial charge in [-0.2, -0.15) is 5.26 Å². The lowest BCUT2D eigenvalue weighted by molar-refractivity contribution is 1.42. The average Bonchev–Trinajstić information content (AvgIpc) is 2.82. The minimum atomic E-state index is 0.481. The van der Waals surface area contributed by atoms with E-state index in [1.165, 1.54) is 11.3 Å². The third-order valence-electron chi connectivity index (χ3n) is 2.69. The SMILES string of the molecule is N#Cc1cc(Cl)ccc1Nc1nc2ccc(Cl)cc2s1. The standard InChI is InChI=1S/C14H7Cl2N3S/c15-9-1-3-11(8(5-9)7-17)18-14-19-12-4-2-10(16)6-13(12)20-14/h1-6H,(H,18,19). The van der Waals surface area contributed by atoms with Crippen LogP contribution in [-0.4, -0.2) is 4.98 Å². The van der Waals surface area contributed by atoms with Crippen molar-refractivity contribution in [3.8, 4) is 6.07 Å². The summed E-state index contributed by atoms with van der Waals surface area (Å²) in [6.07, 6.45) is 0. The van der Waals surface area contributed by atoms with Crippen LogP contribution in [0.4, 0.5) is 10.8 Å². The number of aromatic nitrogens is 1. The Labute approximate surface area is 129 Å². The molecule has 0 bridgehead atoms. The Kier molecular flexibility index (Phi) is 3.49. The quantitative estimate of drug-likeness (QED) is 0.704. The lowest BCUT2D eigenvalue weighted by Gasteiger charge is -2.04. The van der Waals surface area contributed by atoms with E-state index in [4.69, 9.17) is 28.5 Å². The smallest absolute Gasteiger partial charge is 0.188 e. The molecule has 98 valence electrons. The maximum atomic E-state index is 9.11. The summed E-state index contributed by atoms with van der Waals surface area (Å²) in [7, 11) is 0. The molecule has 0 fully saturated rings. The zero-order valence-electron chi connectivity index (χ0n) is 10.0. The van der Waals surface area contributed by atoms with Gasteiger partial charge in [-0.15, -0.1) is 0 Å². The molecule has 6 heteroatoms. The Morgan fingerprint density at radius 1 is 1.10 bits per heavy atom. The zero-order valence-corrected chi connectivity index (χ0v) is 12.4. The Hall–Kier alpha value is -1.80. The number of nitriles is 1. The van der Waals surface area contributed by atoms with Crippen LogP contribution in [0.15, 0.2) is 36.4 Å². The fourth-order valence-electron chi connectivity index (χ4n) is 1.79. The van der Waals surface area contributed by atoms with Gasteiger partial charge in [0.2, 0.25) is 0 Å². The Morgan fingerprint density at radius 3 is 2.65 bits per heavy atom. The van der Waals surface area contributed by atoms with Crippen molar-refractivity contribution in [3.63, 3.8) is 0 Å². The van der Waals surface area contributed by atoms with Crippen molar-refractivity contribution in [1.29, 1.82) is 5.26 Å². The van der Waals surface area contributed by atoms with Crippen LogP contribution >= 0.6 is 34.5 Å². The Morgan fingerprint density at radius 2 is 1.85 bits per heavy atom. The lowest BCUT2D eigenvalue weighted by atomic mass is 10.2. The van der Waals surface area contributed by atoms with Crippen LogP contribution in [0, 0.1) is 11.3 Å². The first kappa shape index (κ1) is 13.2. The minimum Gasteiger partial charge on any atom is -0.330 e. The first-order valence-corrected chi connectivity index (χ1v) is 7.26. The highest BCUT2D eigenvalue weighted by Gasteiger charge is 2.08. The molecule has 0 unspecified atom stereocenters. The highest BCUT2D eigenvalue weighted by atomic mass is 35.5. The zero-order chi connectivity index (χ0) is 14.1. The number of rotatable bonds is 2. The van der Waals surface area contributed by atoms with Gasteiger partial charge >= 0.3 is 0 Å². The van der Waals surface area contributed by atoms with Crippen LogP contribution in [0.3, 0.4) is 0 Å². The number of hydrogen-bond acceptors (Lipinski definition) is 4. The number of fused-ring (bicyclic) bond motifs is 1. The lowest BCUT2D eigenvalue weighted by Crippen LogP contribution is -1.92. The summed E-state index contributed by atoms with van der Waals surface area (Å²) in [6, 6.07) is 12.8. The molecule has 0 amide bonds. The maximum Gasteiger partial charge on any atom is 0.188 e. The first-order valence-electron chi connectivity index (χ1n) is 5.68. The second-order valence-electron chi connectivity index (χ2n) is 4.06. The summed E-state index contributed by atoms with van der Waals surface area (Å²) in [5, 5.41) is 14.2. The molecule has 0 radical (unpaired) electrons. The van der Waals surface area contributed by atoms with E-state index in [1.807, 2.05) is 12.1 Å². The van der Waals surface area contributed by atoms with E-state index in [0.29, 0.717) is 26.4 Å². The van der Waals surface area contributed by atoms with Gasteiger partial charge in [0.05, 0.1) is 21.5 Å². The van der Waals surface area contributed by atoms with Crippen molar-refractivity contribution in [2.24, 2.45) is 0 Å². The summed E-state index contributed by atoms with van der Waals surface area (Å²) >= 11 is 13.3. The van der Waals surface area contributed by atoms with Crippen LogP contribution in [0.2, 0.25) is 10.0 Å². The van der Waals surface area contributed by atoms with Crippen LogP contribution in [0.25, 0.3) is 10.2 Å². The van der Waals surface area contributed by atoms with Crippen LogP contribution in [-0.2, 0) is 0 Å². The third-order valence-corrected chi connectivity index (χ3v) is 4.10. The number of halogens is 2. The van der Waals surface area contributed by atoms with Gasteiger partial charge < -0.3 is 5.32 Å². The van der Waals surface area contributed by atoms with Crippen LogP contribution in [0.5, 0.6) is 0 Å². The van der Waals surface area contributed by atoms with Gasteiger partial charge in [0.15, 0.2) is 5.13 Å². The topological polar surface area (TPSA) is 48.7 Å². The molecular weight excluding hydrogens is 313 g/mol. The van der Waals surface area contributed by atoms with Crippen molar-refractivity contribution in [1.82, 2.24) is 4.98 Å². The van der Waals surface area contributed by atoms with E-state index < -0.39 is 0 Å². The maximum absolute atomic E-state index is 9.11. The molecule has 1 heterocycles. The van der Waals surface area contributed by atoms with Gasteiger partial charge in [-0.25, -0.2) is 4.98 Å². The number of thiazole rings is 1. The number of benzene rings is 2. The molecule has 0 saturated heterocycles. The summed E-state index contributed by atoms with van der Waals surface area (Å²) in [5.74, 6) is 0. The molecule has 3 nitrogen and oxygen atoms in total. The van der Waals surface area contributed by atoms with E-state index in [2.05, 4.69) is 16.4 Å². The van der Waals surface area contributed by atoms with Gasteiger partial charge in [0, 0.05) is 10.0 Å². The number of nitrogens with one attached hydrogen (secondary N) is 1. The predicted octanol–water partition coefficient (Wildman–Crippen LogP) is 5.22. The Balaban J connectivity index is 1.99. The normalized spacial score (nSPS) is 10.4. The minimum absolute atomic E-state index is 0.481. The molecule has 0 aliphatic carbocycles. The molecule has 0 saturated carbocycles. The summed E-state index contributed by atoms with van der Waals surface area (Å²) < 4.78 is 0.993. The molecule has 0 atom stereocenters. The molecule has 3 rings (SSSR count). The third kappa shape index (κ3) is 2.56. The second kappa shape index (κ2) is 5.29. The van der Waals surface area contributed by atoms with E-state index >= 15 is 0 Å². The van der Waals surface area contributed by atoms with Gasteiger partial charge in [-0.05, 0) is 36.4 Å². The highest BCUT2D eigenvalue weighted by Crippen LogP contribution is 2.31. The highest BCUT2D eigenvalue weighted by molar-refractivity contribution is 7.22. The fourth-order valence-corrected chi connectivity index (χ4v) is 3.11. The van der Waals surface area contributed by atoms with Crippen molar-refractivity contribution < 1.29 is 0 Å². The molecule has 1 N–H and O–H groups in total. The van der Waals surface area contributed by atoms with Gasteiger partial charge in [-0.3, -0.25) is 0 Å². The van der Waals surface area contributed by atoms with Crippen molar-refractivity contribution >= 4 is 55.6 Å². The number of nitrogens with zero attached hydrogens (tertiary/aromatic N) is 2. The molecule has 3 aromatic rings. The van der Waals surface area contributed by atoms with Crippen LogP contribution in [0.1, 0.15) is 5.56 Å². The van der Waals surface area contributed by atoms with E-state index in [0.717, 1.165) is 10.2 Å².